The molecule has 1 fully saturated rings. The minimum absolute atomic E-state index is 0.00363. The normalized spacial score (nSPS) is 19.9. The molecule has 0 aromatic heterocycles. The Hall–Kier alpha value is -2.09. The van der Waals surface area contributed by atoms with E-state index in [4.69, 9.17) is 4.74 Å². The van der Waals surface area contributed by atoms with Gasteiger partial charge in [0.25, 0.3) is 0 Å². The van der Waals surface area contributed by atoms with Gasteiger partial charge in [-0.2, -0.15) is 0 Å². The number of ether oxygens (including phenoxy) is 1. The van der Waals surface area contributed by atoms with Gasteiger partial charge < -0.3 is 9.84 Å². The van der Waals surface area contributed by atoms with E-state index in [0.29, 0.717) is 0 Å². The number of nitrogens with zero attached hydrogens (tertiary/aromatic N) is 1. The Morgan fingerprint density at radius 1 is 1.27 bits per heavy atom. The number of sulfone groups is 1. The van der Waals surface area contributed by atoms with Crippen molar-refractivity contribution >= 4 is 21.9 Å². The molecule has 1 aromatic carbocycles. The van der Waals surface area contributed by atoms with Gasteiger partial charge in [0.2, 0.25) is 0 Å². The third-order valence-corrected chi connectivity index (χ3v) is 6.08. The third kappa shape index (κ3) is 5.45. The molecule has 26 heavy (non-hydrogen) atoms. The van der Waals surface area contributed by atoms with E-state index in [9.17, 15) is 23.1 Å². The highest BCUT2D eigenvalue weighted by Crippen LogP contribution is 2.24. The van der Waals surface area contributed by atoms with Crippen molar-refractivity contribution in [2.24, 2.45) is 5.92 Å². The number of amides is 1. The molecule has 1 heterocycles. The topological polar surface area (TPSA) is 101 Å². The van der Waals surface area contributed by atoms with Gasteiger partial charge in [-0.1, -0.05) is 44.2 Å². The van der Waals surface area contributed by atoms with Crippen molar-refractivity contribution in [3.63, 3.8) is 0 Å². The third-order valence-electron chi connectivity index (χ3n) is 4.33. The zero-order valence-corrected chi connectivity index (χ0v) is 15.8. The predicted octanol–water partition coefficient (Wildman–Crippen LogP) is 2.31. The maximum absolute atomic E-state index is 12.7. The minimum atomic E-state index is -3.27. The second kappa shape index (κ2) is 8.53. The largest absolute Gasteiger partial charge is 0.480 e. The Kier molecular flexibility index (Phi) is 6.63. The molecule has 2 rings (SSSR count). The number of hydrogen-bond acceptors (Lipinski definition) is 5. The van der Waals surface area contributed by atoms with Crippen LogP contribution < -0.4 is 0 Å². The van der Waals surface area contributed by atoms with Crippen LogP contribution in [0.25, 0.3) is 0 Å². The molecule has 8 heteroatoms. The fraction of sp³-hybridized carbons (Fsp3) is 0.556. The number of carboxylic acid groups (broad SMARTS) is 1. The summed E-state index contributed by atoms with van der Waals surface area (Å²) in [5.41, 5.74) is 0.774. The van der Waals surface area contributed by atoms with E-state index in [1.54, 1.807) is 12.1 Å². The molecule has 1 saturated heterocycles. The summed E-state index contributed by atoms with van der Waals surface area (Å²) in [5, 5.41) is 9.62. The van der Waals surface area contributed by atoms with Crippen molar-refractivity contribution in [1.82, 2.24) is 4.90 Å². The van der Waals surface area contributed by atoms with Crippen LogP contribution in [0.5, 0.6) is 0 Å². The van der Waals surface area contributed by atoms with Crippen molar-refractivity contribution in [3.8, 4) is 0 Å². The zero-order valence-electron chi connectivity index (χ0n) is 15.0. The van der Waals surface area contributed by atoms with Crippen molar-refractivity contribution in [3.05, 3.63) is 35.9 Å². The van der Waals surface area contributed by atoms with E-state index in [1.165, 1.54) is 0 Å². The van der Waals surface area contributed by atoms with E-state index in [-0.39, 0.29) is 36.9 Å². The van der Waals surface area contributed by atoms with Gasteiger partial charge >= 0.3 is 12.1 Å². The maximum atomic E-state index is 12.7. The molecule has 0 bridgehead atoms. The first-order chi connectivity index (χ1) is 12.2. The molecular formula is C18H25NO6S. The smallest absolute Gasteiger partial charge is 0.411 e. The molecular weight excluding hydrogens is 358 g/mol. The van der Waals surface area contributed by atoms with E-state index >= 15 is 0 Å². The Balaban J connectivity index is 2.20. The van der Waals surface area contributed by atoms with E-state index < -0.39 is 34.0 Å². The molecule has 2 unspecified atom stereocenters. The summed E-state index contributed by atoms with van der Waals surface area (Å²) in [7, 11) is -3.27. The summed E-state index contributed by atoms with van der Waals surface area (Å²) < 4.78 is 29.0. The summed E-state index contributed by atoms with van der Waals surface area (Å²) >= 11 is 0. The quantitative estimate of drug-likeness (QED) is 0.775. The van der Waals surface area contributed by atoms with Crippen LogP contribution in [0.15, 0.2) is 30.3 Å². The van der Waals surface area contributed by atoms with Crippen molar-refractivity contribution < 1.29 is 27.9 Å². The van der Waals surface area contributed by atoms with Crippen molar-refractivity contribution in [1.29, 1.82) is 0 Å². The summed E-state index contributed by atoms with van der Waals surface area (Å²) in [4.78, 5) is 25.6. The van der Waals surface area contributed by atoms with Crippen LogP contribution in [-0.2, 0) is 26.0 Å². The lowest BCUT2D eigenvalue weighted by Crippen LogP contribution is -2.52. The van der Waals surface area contributed by atoms with Crippen LogP contribution in [0.2, 0.25) is 0 Å². The molecule has 0 saturated carbocycles. The fourth-order valence-corrected chi connectivity index (χ4v) is 4.81. The second-order valence-corrected chi connectivity index (χ2v) is 9.22. The van der Waals surface area contributed by atoms with Gasteiger partial charge in [0.1, 0.15) is 12.6 Å². The number of benzene rings is 1. The molecule has 144 valence electrons. The Morgan fingerprint density at radius 3 is 2.42 bits per heavy atom. The van der Waals surface area contributed by atoms with Gasteiger partial charge in [-0.25, -0.2) is 18.0 Å². The summed E-state index contributed by atoms with van der Waals surface area (Å²) in [6.45, 7) is 3.72. The molecule has 1 aromatic rings. The lowest BCUT2D eigenvalue weighted by Gasteiger charge is -2.33. The summed E-state index contributed by atoms with van der Waals surface area (Å²) in [6.07, 6.45) is -0.333. The molecule has 1 aliphatic rings. The van der Waals surface area contributed by atoms with E-state index in [0.717, 1.165) is 10.5 Å². The van der Waals surface area contributed by atoms with Gasteiger partial charge in [0, 0.05) is 0 Å². The molecule has 2 atom stereocenters. The number of carbonyl (C=O) groups excluding carboxylic acids is 1. The second-order valence-electron chi connectivity index (χ2n) is 6.99. The Morgan fingerprint density at radius 2 is 1.92 bits per heavy atom. The van der Waals surface area contributed by atoms with Crippen molar-refractivity contribution in [2.75, 3.05) is 11.5 Å². The van der Waals surface area contributed by atoms with Gasteiger partial charge in [-0.05, 0) is 24.3 Å². The van der Waals surface area contributed by atoms with Gasteiger partial charge in [-0.15, -0.1) is 0 Å². The molecule has 0 aliphatic carbocycles. The lowest BCUT2D eigenvalue weighted by molar-refractivity contribution is -0.144. The van der Waals surface area contributed by atoms with Crippen LogP contribution in [0.1, 0.15) is 32.3 Å². The van der Waals surface area contributed by atoms with E-state index in [2.05, 4.69) is 0 Å². The number of carbonyl (C=O) groups is 2. The number of hydrogen-bond donors (Lipinski definition) is 1. The fourth-order valence-electron chi connectivity index (χ4n) is 3.10. The number of aliphatic carboxylic acids is 1. The average Bonchev–Trinajstić information content (AvgIpc) is 2.92. The first-order valence-corrected chi connectivity index (χ1v) is 10.4. The molecule has 1 aliphatic heterocycles. The maximum Gasteiger partial charge on any atom is 0.411 e. The number of rotatable bonds is 7. The van der Waals surface area contributed by atoms with Crippen LogP contribution in [-0.4, -0.2) is 54.1 Å². The van der Waals surface area contributed by atoms with Gasteiger partial charge in [0.05, 0.1) is 17.5 Å². The molecule has 1 amide bonds. The highest BCUT2D eigenvalue weighted by atomic mass is 32.2. The highest BCUT2D eigenvalue weighted by molar-refractivity contribution is 7.91. The van der Waals surface area contributed by atoms with Crippen LogP contribution >= 0.6 is 0 Å². The van der Waals surface area contributed by atoms with Crippen LogP contribution in [0, 0.1) is 5.92 Å². The van der Waals surface area contributed by atoms with E-state index in [1.807, 2.05) is 32.0 Å². The Labute approximate surface area is 153 Å². The summed E-state index contributed by atoms with van der Waals surface area (Å²) in [6, 6.07) is 7.25. The zero-order chi connectivity index (χ0) is 19.3. The first kappa shape index (κ1) is 20.2. The standard InChI is InChI=1S/C18H25NO6S/c1-13(2)10-16(17(20)21)19(15-8-9-26(23,24)12-15)18(22)25-11-14-6-4-3-5-7-14/h3-7,13,15-16H,8-12H2,1-2H3,(H,20,21). The van der Waals surface area contributed by atoms with Crippen LogP contribution in [0.3, 0.4) is 0 Å². The summed E-state index contributed by atoms with van der Waals surface area (Å²) in [5.74, 6) is -1.40. The van der Waals surface area contributed by atoms with Gasteiger partial charge in [-0.3, -0.25) is 4.90 Å². The molecule has 0 spiro atoms. The number of carboxylic acids is 1. The highest BCUT2D eigenvalue weighted by Gasteiger charge is 2.41. The van der Waals surface area contributed by atoms with Crippen LogP contribution in [0.4, 0.5) is 4.79 Å². The minimum Gasteiger partial charge on any atom is -0.480 e. The van der Waals surface area contributed by atoms with Gasteiger partial charge in [0.15, 0.2) is 9.84 Å². The lowest BCUT2D eigenvalue weighted by atomic mass is 10.0. The Bertz CT molecular complexity index is 731. The molecule has 0 radical (unpaired) electrons. The predicted molar refractivity (Wildman–Crippen MR) is 96.4 cm³/mol. The SMILES string of the molecule is CC(C)CC(C(=O)O)N(C(=O)OCc1ccccc1)C1CCS(=O)(=O)C1. The molecule has 7 nitrogen and oxygen atoms in total. The monoisotopic (exact) mass is 383 g/mol. The van der Waals surface area contributed by atoms with Crippen molar-refractivity contribution in [2.45, 2.75) is 45.4 Å². The molecule has 1 N–H and O–H groups in total. The first-order valence-electron chi connectivity index (χ1n) is 8.62. The average molecular weight is 383 g/mol.